The molecule has 0 aromatic heterocycles. The van der Waals surface area contributed by atoms with Crippen LogP contribution in [0.1, 0.15) is 11.1 Å². The summed E-state index contributed by atoms with van der Waals surface area (Å²) in [5, 5.41) is 20.0. The quantitative estimate of drug-likeness (QED) is 0.655. The van der Waals surface area contributed by atoms with Gasteiger partial charge in [-0.1, -0.05) is 35.3 Å². The van der Waals surface area contributed by atoms with Gasteiger partial charge in [-0.15, -0.1) is 0 Å². The first kappa shape index (κ1) is 14.4. The second-order valence-corrected chi connectivity index (χ2v) is 4.95. The van der Waals surface area contributed by atoms with Crippen LogP contribution in [0, 0.1) is 0 Å². The average molecular weight is 309 g/mol. The van der Waals surface area contributed by atoms with Crippen molar-refractivity contribution in [3.05, 3.63) is 63.6 Å². The maximum absolute atomic E-state index is 11.4. The number of rotatable bonds is 3. The highest BCUT2D eigenvalue weighted by molar-refractivity contribution is 6.31. The second-order valence-electron chi connectivity index (χ2n) is 4.07. The lowest BCUT2D eigenvalue weighted by Gasteiger charge is -2.05. The molecule has 3 nitrogen and oxygen atoms in total. The molecule has 2 N–H and O–H groups in total. The SMILES string of the molecule is O=C(O)/C(=C\c1cc(Cl)ccc1O)c1ccc(Cl)cc1. The van der Waals surface area contributed by atoms with E-state index < -0.39 is 5.97 Å². The highest BCUT2D eigenvalue weighted by Gasteiger charge is 2.12. The topological polar surface area (TPSA) is 57.5 Å². The second kappa shape index (κ2) is 5.99. The Hall–Kier alpha value is -1.97. The lowest BCUT2D eigenvalue weighted by atomic mass is 10.0. The first-order chi connectivity index (χ1) is 9.47. The minimum atomic E-state index is -1.10. The lowest BCUT2D eigenvalue weighted by molar-refractivity contribution is -0.130. The van der Waals surface area contributed by atoms with E-state index in [9.17, 15) is 15.0 Å². The standard InChI is InChI=1S/C15H10Cl2O3/c16-11-3-1-9(2-4-11)13(15(19)20)8-10-7-12(17)5-6-14(10)18/h1-8,18H,(H,19,20)/b13-8-. The van der Waals surface area contributed by atoms with Crippen LogP contribution in [-0.2, 0) is 4.79 Å². The van der Waals surface area contributed by atoms with Gasteiger partial charge in [0.2, 0.25) is 0 Å². The number of hydrogen-bond donors (Lipinski definition) is 2. The third-order valence-corrected chi connectivity index (χ3v) is 3.16. The fraction of sp³-hybridized carbons (Fsp3) is 0. The molecule has 0 aliphatic heterocycles. The smallest absolute Gasteiger partial charge is 0.336 e. The van der Waals surface area contributed by atoms with E-state index in [1.807, 2.05) is 0 Å². The molecule has 0 heterocycles. The number of aromatic hydroxyl groups is 1. The Morgan fingerprint density at radius 2 is 1.60 bits per heavy atom. The number of phenolic OH excluding ortho intramolecular Hbond substituents is 1. The van der Waals surface area contributed by atoms with Crippen molar-refractivity contribution < 1.29 is 15.0 Å². The van der Waals surface area contributed by atoms with Crippen LogP contribution < -0.4 is 0 Å². The van der Waals surface area contributed by atoms with Crippen LogP contribution in [0.3, 0.4) is 0 Å². The normalized spacial score (nSPS) is 11.4. The summed E-state index contributed by atoms with van der Waals surface area (Å²) in [6, 6.07) is 10.8. The zero-order valence-corrected chi connectivity index (χ0v) is 11.7. The molecular formula is C15H10Cl2O3. The number of carboxylic acid groups (broad SMARTS) is 1. The van der Waals surface area contributed by atoms with Gasteiger partial charge < -0.3 is 10.2 Å². The van der Waals surface area contributed by atoms with Crippen LogP contribution in [0.2, 0.25) is 10.0 Å². The van der Waals surface area contributed by atoms with Gasteiger partial charge in [-0.25, -0.2) is 4.79 Å². The monoisotopic (exact) mass is 308 g/mol. The van der Waals surface area contributed by atoms with Crippen molar-refractivity contribution in [3.8, 4) is 5.75 Å². The zero-order valence-electron chi connectivity index (χ0n) is 10.2. The average Bonchev–Trinajstić information content (AvgIpc) is 2.40. The maximum atomic E-state index is 11.4. The number of aliphatic carboxylic acids is 1. The van der Waals surface area contributed by atoms with Gasteiger partial charge in [0.25, 0.3) is 0 Å². The van der Waals surface area contributed by atoms with Gasteiger partial charge in [0.15, 0.2) is 0 Å². The van der Waals surface area contributed by atoms with E-state index in [2.05, 4.69) is 0 Å². The summed E-state index contributed by atoms with van der Waals surface area (Å²) in [6.07, 6.45) is 1.37. The van der Waals surface area contributed by atoms with Crippen molar-refractivity contribution in [1.29, 1.82) is 0 Å². The molecule has 0 saturated carbocycles. The van der Waals surface area contributed by atoms with Crippen LogP contribution in [-0.4, -0.2) is 16.2 Å². The fourth-order valence-corrected chi connectivity index (χ4v) is 2.00. The molecule has 0 aliphatic rings. The highest BCUT2D eigenvalue weighted by Crippen LogP contribution is 2.27. The number of carboxylic acids is 1. The van der Waals surface area contributed by atoms with E-state index in [-0.39, 0.29) is 11.3 Å². The number of hydrogen-bond acceptors (Lipinski definition) is 2. The van der Waals surface area contributed by atoms with Crippen molar-refractivity contribution in [1.82, 2.24) is 0 Å². The molecule has 20 heavy (non-hydrogen) atoms. The Bertz CT molecular complexity index is 676. The van der Waals surface area contributed by atoms with Crippen molar-refractivity contribution in [2.75, 3.05) is 0 Å². The lowest BCUT2D eigenvalue weighted by Crippen LogP contribution is -1.99. The molecule has 2 rings (SSSR count). The summed E-state index contributed by atoms with van der Waals surface area (Å²) in [7, 11) is 0. The molecule has 0 radical (unpaired) electrons. The van der Waals surface area contributed by atoms with Gasteiger partial charge in [-0.3, -0.25) is 0 Å². The molecular weight excluding hydrogens is 299 g/mol. The third-order valence-electron chi connectivity index (χ3n) is 2.68. The minimum absolute atomic E-state index is 0.0397. The summed E-state index contributed by atoms with van der Waals surface area (Å²) >= 11 is 11.6. The summed E-state index contributed by atoms with van der Waals surface area (Å²) in [4.78, 5) is 11.4. The molecule has 102 valence electrons. The van der Waals surface area contributed by atoms with Crippen LogP contribution >= 0.6 is 23.2 Å². The highest BCUT2D eigenvalue weighted by atomic mass is 35.5. The molecule has 0 spiro atoms. The fourth-order valence-electron chi connectivity index (χ4n) is 1.69. The summed E-state index contributed by atoms with van der Waals surface area (Å²) < 4.78 is 0. The van der Waals surface area contributed by atoms with Gasteiger partial charge >= 0.3 is 5.97 Å². The van der Waals surface area contributed by atoms with Crippen LogP contribution in [0.25, 0.3) is 11.6 Å². The van der Waals surface area contributed by atoms with E-state index in [0.29, 0.717) is 21.2 Å². The van der Waals surface area contributed by atoms with Crippen LogP contribution in [0.5, 0.6) is 5.75 Å². The Balaban J connectivity index is 2.53. The zero-order chi connectivity index (χ0) is 14.7. The largest absolute Gasteiger partial charge is 0.507 e. The van der Waals surface area contributed by atoms with E-state index in [0.717, 1.165) is 0 Å². The Morgan fingerprint density at radius 1 is 1.00 bits per heavy atom. The summed E-state index contributed by atoms with van der Waals surface area (Å²) in [5.74, 6) is -1.14. The molecule has 0 saturated heterocycles. The number of benzene rings is 2. The molecule has 0 bridgehead atoms. The van der Waals surface area contributed by atoms with Gasteiger partial charge in [-0.05, 0) is 42.0 Å². The van der Waals surface area contributed by atoms with Crippen molar-refractivity contribution in [3.63, 3.8) is 0 Å². The first-order valence-corrected chi connectivity index (χ1v) is 6.42. The maximum Gasteiger partial charge on any atom is 0.336 e. The van der Waals surface area contributed by atoms with Crippen molar-refractivity contribution >= 4 is 40.8 Å². The molecule has 0 atom stereocenters. The molecule has 0 unspecified atom stereocenters. The molecule has 2 aromatic rings. The predicted molar refractivity (Wildman–Crippen MR) is 80.1 cm³/mol. The molecule has 2 aromatic carbocycles. The first-order valence-electron chi connectivity index (χ1n) is 5.67. The Morgan fingerprint density at radius 3 is 2.20 bits per heavy atom. The predicted octanol–water partition coefficient (Wildman–Crippen LogP) is 4.32. The van der Waals surface area contributed by atoms with E-state index in [1.165, 1.54) is 24.3 Å². The number of carbonyl (C=O) groups is 1. The third kappa shape index (κ3) is 3.32. The van der Waals surface area contributed by atoms with Crippen molar-refractivity contribution in [2.45, 2.75) is 0 Å². The van der Waals surface area contributed by atoms with E-state index in [4.69, 9.17) is 23.2 Å². The van der Waals surface area contributed by atoms with Gasteiger partial charge in [0.05, 0.1) is 5.57 Å². The van der Waals surface area contributed by atoms with Gasteiger partial charge in [0.1, 0.15) is 5.75 Å². The van der Waals surface area contributed by atoms with Gasteiger partial charge in [0, 0.05) is 15.6 Å². The molecule has 0 fully saturated rings. The molecule has 5 heteroatoms. The number of halogens is 2. The van der Waals surface area contributed by atoms with Crippen LogP contribution in [0.4, 0.5) is 0 Å². The Kier molecular flexibility index (Phi) is 4.32. The van der Waals surface area contributed by atoms with Gasteiger partial charge in [-0.2, -0.15) is 0 Å². The Labute approximate surface area is 125 Å². The molecule has 0 amide bonds. The van der Waals surface area contributed by atoms with E-state index in [1.54, 1.807) is 24.3 Å². The van der Waals surface area contributed by atoms with Crippen molar-refractivity contribution in [2.24, 2.45) is 0 Å². The number of phenols is 1. The van der Waals surface area contributed by atoms with Crippen LogP contribution in [0.15, 0.2) is 42.5 Å². The molecule has 0 aliphatic carbocycles. The minimum Gasteiger partial charge on any atom is -0.507 e. The van der Waals surface area contributed by atoms with E-state index >= 15 is 0 Å². The summed E-state index contributed by atoms with van der Waals surface area (Å²) in [6.45, 7) is 0. The summed E-state index contributed by atoms with van der Waals surface area (Å²) in [5.41, 5.74) is 0.866.